The summed E-state index contributed by atoms with van der Waals surface area (Å²) >= 11 is 0. The lowest BCUT2D eigenvalue weighted by molar-refractivity contribution is -0.145. The topological polar surface area (TPSA) is 69.7 Å². The van der Waals surface area contributed by atoms with Gasteiger partial charge in [0.1, 0.15) is 0 Å². The predicted octanol–water partition coefficient (Wildman–Crippen LogP) is 2.97. The van der Waals surface area contributed by atoms with Crippen LogP contribution in [0.3, 0.4) is 0 Å². The summed E-state index contributed by atoms with van der Waals surface area (Å²) in [7, 11) is 0. The van der Waals surface area contributed by atoms with Gasteiger partial charge in [-0.05, 0) is 39.2 Å². The van der Waals surface area contributed by atoms with E-state index in [1.165, 1.54) is 19.1 Å². The highest BCUT2D eigenvalue weighted by Crippen LogP contribution is 2.09. The standard InChI is InChI=1S/C16H26O5/c1-4-20-16(19)12-11-15(18)10-8-6-5-7-9-13(2)21-14(3)17/h11-13H,4-10H2,1-3H3. The van der Waals surface area contributed by atoms with E-state index in [0.717, 1.165) is 32.1 Å². The molecule has 0 spiro atoms. The average Bonchev–Trinajstić information content (AvgIpc) is 2.40. The van der Waals surface area contributed by atoms with Crippen molar-refractivity contribution in [1.82, 2.24) is 0 Å². The van der Waals surface area contributed by atoms with E-state index < -0.39 is 5.97 Å². The molecule has 0 radical (unpaired) electrons. The Kier molecular flexibility index (Phi) is 11.2. The first-order valence-corrected chi connectivity index (χ1v) is 7.50. The second-order valence-corrected chi connectivity index (χ2v) is 4.92. The monoisotopic (exact) mass is 298 g/mol. The summed E-state index contributed by atoms with van der Waals surface area (Å²) in [5.74, 6) is -0.789. The Labute approximate surface area is 126 Å². The van der Waals surface area contributed by atoms with Gasteiger partial charge in [-0.25, -0.2) is 4.79 Å². The van der Waals surface area contributed by atoms with Crippen molar-refractivity contribution in [1.29, 1.82) is 0 Å². The lowest BCUT2D eigenvalue weighted by Crippen LogP contribution is -2.11. The smallest absolute Gasteiger partial charge is 0.330 e. The molecule has 0 aromatic carbocycles. The van der Waals surface area contributed by atoms with Crippen LogP contribution in [0.2, 0.25) is 0 Å². The minimum absolute atomic E-state index is 0.0448. The molecule has 0 heterocycles. The number of rotatable bonds is 11. The molecule has 120 valence electrons. The second-order valence-electron chi connectivity index (χ2n) is 4.92. The zero-order chi connectivity index (χ0) is 16.1. The van der Waals surface area contributed by atoms with E-state index in [2.05, 4.69) is 4.74 Å². The molecule has 0 bridgehead atoms. The van der Waals surface area contributed by atoms with Gasteiger partial charge in [-0.2, -0.15) is 0 Å². The van der Waals surface area contributed by atoms with Crippen molar-refractivity contribution < 1.29 is 23.9 Å². The Bertz CT molecular complexity index is 360. The molecular weight excluding hydrogens is 272 g/mol. The first-order valence-electron chi connectivity index (χ1n) is 7.50. The third kappa shape index (κ3) is 13.1. The summed E-state index contributed by atoms with van der Waals surface area (Å²) in [6, 6.07) is 0. The van der Waals surface area contributed by atoms with Gasteiger partial charge >= 0.3 is 11.9 Å². The van der Waals surface area contributed by atoms with Crippen LogP contribution < -0.4 is 0 Å². The molecule has 1 unspecified atom stereocenters. The van der Waals surface area contributed by atoms with Gasteiger partial charge in [-0.15, -0.1) is 0 Å². The molecule has 0 aliphatic rings. The van der Waals surface area contributed by atoms with Crippen LogP contribution in [0, 0.1) is 0 Å². The number of carbonyl (C=O) groups excluding carboxylic acids is 3. The highest BCUT2D eigenvalue weighted by atomic mass is 16.5. The number of hydrogen-bond donors (Lipinski definition) is 0. The maximum atomic E-state index is 11.5. The Morgan fingerprint density at radius 2 is 1.71 bits per heavy atom. The van der Waals surface area contributed by atoms with E-state index in [0.29, 0.717) is 13.0 Å². The molecule has 0 aromatic rings. The minimum Gasteiger partial charge on any atom is -0.463 e. The zero-order valence-corrected chi connectivity index (χ0v) is 13.2. The normalized spacial score (nSPS) is 12.1. The largest absolute Gasteiger partial charge is 0.463 e. The number of carbonyl (C=O) groups is 3. The quantitative estimate of drug-likeness (QED) is 0.333. The highest BCUT2D eigenvalue weighted by molar-refractivity contribution is 5.95. The Hall–Kier alpha value is -1.65. The Morgan fingerprint density at radius 1 is 1.05 bits per heavy atom. The fraction of sp³-hybridized carbons (Fsp3) is 0.688. The first-order chi connectivity index (χ1) is 9.95. The number of ketones is 1. The number of ether oxygens (including phenoxy) is 2. The molecule has 1 atom stereocenters. The van der Waals surface area contributed by atoms with E-state index in [4.69, 9.17) is 4.74 Å². The molecule has 5 heteroatoms. The molecule has 0 saturated heterocycles. The van der Waals surface area contributed by atoms with Crippen LogP contribution in [-0.2, 0) is 23.9 Å². The van der Waals surface area contributed by atoms with E-state index >= 15 is 0 Å². The van der Waals surface area contributed by atoms with Crippen molar-refractivity contribution in [3.05, 3.63) is 12.2 Å². The summed E-state index contributed by atoms with van der Waals surface area (Å²) in [5, 5.41) is 0. The van der Waals surface area contributed by atoms with Crippen LogP contribution in [0.5, 0.6) is 0 Å². The molecule has 0 aliphatic carbocycles. The van der Waals surface area contributed by atoms with Crippen molar-refractivity contribution >= 4 is 17.7 Å². The number of allylic oxidation sites excluding steroid dienone is 1. The molecule has 0 amide bonds. The van der Waals surface area contributed by atoms with Crippen molar-refractivity contribution in [2.75, 3.05) is 6.61 Å². The van der Waals surface area contributed by atoms with Gasteiger partial charge < -0.3 is 9.47 Å². The van der Waals surface area contributed by atoms with Gasteiger partial charge in [0.25, 0.3) is 0 Å². The number of esters is 2. The summed E-state index contributed by atoms with van der Waals surface area (Å²) in [4.78, 5) is 33.2. The molecular formula is C16H26O5. The summed E-state index contributed by atoms with van der Waals surface area (Å²) in [5.41, 5.74) is 0. The van der Waals surface area contributed by atoms with E-state index in [9.17, 15) is 14.4 Å². The molecule has 21 heavy (non-hydrogen) atoms. The van der Waals surface area contributed by atoms with E-state index in [1.54, 1.807) is 6.92 Å². The van der Waals surface area contributed by atoms with E-state index in [-0.39, 0.29) is 17.9 Å². The van der Waals surface area contributed by atoms with Crippen molar-refractivity contribution in [2.24, 2.45) is 0 Å². The van der Waals surface area contributed by atoms with E-state index in [1.807, 2.05) is 6.92 Å². The number of hydrogen-bond acceptors (Lipinski definition) is 5. The molecule has 0 saturated carbocycles. The molecule has 0 aromatic heterocycles. The van der Waals surface area contributed by atoms with Crippen molar-refractivity contribution in [3.8, 4) is 0 Å². The fourth-order valence-corrected chi connectivity index (χ4v) is 1.86. The minimum atomic E-state index is -0.481. The molecule has 0 aliphatic heterocycles. The predicted molar refractivity (Wildman–Crippen MR) is 79.7 cm³/mol. The van der Waals surface area contributed by atoms with Crippen LogP contribution in [0.15, 0.2) is 12.2 Å². The van der Waals surface area contributed by atoms with Gasteiger partial charge in [0.2, 0.25) is 0 Å². The zero-order valence-electron chi connectivity index (χ0n) is 13.2. The second kappa shape index (κ2) is 12.1. The van der Waals surface area contributed by atoms with Crippen LogP contribution in [0.25, 0.3) is 0 Å². The van der Waals surface area contributed by atoms with Gasteiger partial charge in [0.05, 0.1) is 12.7 Å². The lowest BCUT2D eigenvalue weighted by atomic mass is 10.1. The Balaban J connectivity index is 3.56. The molecule has 5 nitrogen and oxygen atoms in total. The maximum Gasteiger partial charge on any atom is 0.330 e. The molecule has 0 rings (SSSR count). The summed E-state index contributed by atoms with van der Waals surface area (Å²) in [6.45, 7) is 5.32. The Morgan fingerprint density at radius 3 is 2.33 bits per heavy atom. The van der Waals surface area contributed by atoms with Crippen LogP contribution >= 0.6 is 0 Å². The van der Waals surface area contributed by atoms with Crippen molar-refractivity contribution in [3.63, 3.8) is 0 Å². The van der Waals surface area contributed by atoms with Crippen LogP contribution in [0.4, 0.5) is 0 Å². The number of unbranched alkanes of at least 4 members (excludes halogenated alkanes) is 3. The highest BCUT2D eigenvalue weighted by Gasteiger charge is 2.05. The van der Waals surface area contributed by atoms with Gasteiger partial charge in [-0.1, -0.05) is 12.8 Å². The average molecular weight is 298 g/mol. The van der Waals surface area contributed by atoms with Crippen LogP contribution in [-0.4, -0.2) is 30.4 Å². The summed E-state index contributed by atoms with van der Waals surface area (Å²) in [6.07, 6.45) is 7.41. The first kappa shape index (κ1) is 19.4. The SMILES string of the molecule is CCOC(=O)C=CC(=O)CCCCCCC(C)OC(C)=O. The fourth-order valence-electron chi connectivity index (χ4n) is 1.86. The summed E-state index contributed by atoms with van der Waals surface area (Å²) < 4.78 is 9.71. The lowest BCUT2D eigenvalue weighted by Gasteiger charge is -2.10. The van der Waals surface area contributed by atoms with Gasteiger partial charge in [0.15, 0.2) is 5.78 Å². The third-order valence-corrected chi connectivity index (χ3v) is 2.84. The van der Waals surface area contributed by atoms with Crippen molar-refractivity contribution in [2.45, 2.75) is 65.4 Å². The third-order valence-electron chi connectivity index (χ3n) is 2.84. The van der Waals surface area contributed by atoms with Gasteiger partial charge in [-0.3, -0.25) is 9.59 Å². The molecule has 0 N–H and O–H groups in total. The van der Waals surface area contributed by atoms with Crippen LogP contribution in [0.1, 0.15) is 59.3 Å². The molecule has 0 fully saturated rings. The van der Waals surface area contributed by atoms with Gasteiger partial charge in [0, 0.05) is 19.4 Å². The maximum absolute atomic E-state index is 11.5.